The maximum Gasteiger partial charge on any atom is 1.00 e. The summed E-state index contributed by atoms with van der Waals surface area (Å²) in [6.07, 6.45) is 0. The van der Waals surface area contributed by atoms with Gasteiger partial charge in [0.15, 0.2) is 0 Å². The second kappa shape index (κ2) is 6.16. The minimum atomic E-state index is -4.64. The third-order valence-electron chi connectivity index (χ3n) is 0. The van der Waals surface area contributed by atoms with Gasteiger partial charge in [-0.2, -0.15) is 0 Å². The first-order valence-electron chi connectivity index (χ1n) is 0.783. The monoisotopic (exact) mass is 174 g/mol. The molecule has 0 amide bonds. The van der Waals surface area contributed by atoms with Crippen LogP contribution >= 0.6 is 20.2 Å². The average molecular weight is 175 g/mol. The maximum absolute atomic E-state index is 8.88. The molecule has 0 radical (unpaired) electrons. The molecule has 0 bridgehead atoms. The summed E-state index contributed by atoms with van der Waals surface area (Å²) in [5.74, 6) is 0. The van der Waals surface area contributed by atoms with Gasteiger partial charge in [-0.1, -0.05) is 0 Å². The predicted octanol–water partition coefficient (Wildman–Crippen LogP) is -3.39. The van der Waals surface area contributed by atoms with Gasteiger partial charge in [0.05, 0.1) is 0 Å². The fourth-order valence-corrected chi connectivity index (χ4v) is 0. The fraction of sp³-hybridized carbons (Fsp3) is 0. The van der Waals surface area contributed by atoms with Crippen molar-refractivity contribution in [2.24, 2.45) is 0 Å². The van der Waals surface area contributed by atoms with E-state index >= 15 is 0 Å². The van der Waals surface area contributed by atoms with E-state index in [9.17, 15) is 0 Å². The van der Waals surface area contributed by atoms with Crippen molar-refractivity contribution in [3.63, 3.8) is 0 Å². The zero-order valence-corrected chi connectivity index (χ0v) is 8.44. The van der Waals surface area contributed by atoms with Crippen molar-refractivity contribution in [1.29, 1.82) is 0 Å². The first-order chi connectivity index (χ1) is 2.00. The van der Waals surface area contributed by atoms with Gasteiger partial charge in [0.2, 0.25) is 0 Å². The summed E-state index contributed by atoms with van der Waals surface area (Å²) < 4.78 is 8.88. The van der Waals surface area contributed by atoms with E-state index < -0.39 is 7.82 Å². The second-order valence-electron chi connectivity index (χ2n) is 0.513. The van der Waals surface area contributed by atoms with Crippen molar-refractivity contribution < 1.29 is 72.1 Å². The Kier molecular flexibility index (Phi) is 14.1. The SMILES string of the molecule is Cl.O=P(O)(O)O.[H-].[K+]. The smallest absolute Gasteiger partial charge is 1.00 e. The van der Waals surface area contributed by atoms with Crippen LogP contribution in [0.1, 0.15) is 1.43 Å². The molecule has 0 aromatic rings. The van der Waals surface area contributed by atoms with Crippen LogP contribution in [0.4, 0.5) is 0 Å². The van der Waals surface area contributed by atoms with E-state index in [1.54, 1.807) is 0 Å². The summed E-state index contributed by atoms with van der Waals surface area (Å²) in [6.45, 7) is 0. The zero-order chi connectivity index (χ0) is 4.50. The van der Waals surface area contributed by atoms with Gasteiger partial charge in [-0.3, -0.25) is 0 Å². The van der Waals surface area contributed by atoms with Crippen molar-refractivity contribution in [2.75, 3.05) is 0 Å². The molecule has 0 aliphatic carbocycles. The second-order valence-corrected chi connectivity index (χ2v) is 1.54. The van der Waals surface area contributed by atoms with Crippen LogP contribution in [0.3, 0.4) is 0 Å². The van der Waals surface area contributed by atoms with Crippen LogP contribution in [-0.4, -0.2) is 14.7 Å². The standard InChI is InChI=1S/ClH.K.H3O4P.H/c;;1-5(2,3)4;/h1H;;(H3,1,2,3,4);/q;+1;;-1. The molecule has 7 heavy (non-hydrogen) atoms. The summed E-state index contributed by atoms with van der Waals surface area (Å²) in [6, 6.07) is 0. The number of hydrogen-bond donors (Lipinski definition) is 3. The van der Waals surface area contributed by atoms with Gasteiger partial charge >= 0.3 is 59.2 Å². The van der Waals surface area contributed by atoms with Crippen molar-refractivity contribution >= 4 is 20.2 Å². The van der Waals surface area contributed by atoms with Crippen LogP contribution in [0.5, 0.6) is 0 Å². The molecule has 0 aromatic heterocycles. The van der Waals surface area contributed by atoms with Crippen LogP contribution in [0.15, 0.2) is 0 Å². The summed E-state index contributed by atoms with van der Waals surface area (Å²) in [7, 11) is -4.64. The van der Waals surface area contributed by atoms with Gasteiger partial charge < -0.3 is 16.1 Å². The molecule has 0 aliphatic heterocycles. The predicted molar refractivity (Wildman–Crippen MR) is 22.6 cm³/mol. The molecule has 0 rings (SSSR count). The van der Waals surface area contributed by atoms with Gasteiger partial charge in [0.25, 0.3) is 0 Å². The summed E-state index contributed by atoms with van der Waals surface area (Å²) in [5, 5.41) is 0. The molecule has 0 fully saturated rings. The van der Waals surface area contributed by atoms with Gasteiger partial charge in [0.1, 0.15) is 0 Å². The third kappa shape index (κ3) is 70.6. The largest absolute Gasteiger partial charge is 1.00 e. The van der Waals surface area contributed by atoms with Gasteiger partial charge in [-0.25, -0.2) is 4.57 Å². The Balaban J connectivity index is -0.0000000267. The summed E-state index contributed by atoms with van der Waals surface area (Å²) >= 11 is 0. The van der Waals surface area contributed by atoms with E-state index in [1.165, 1.54) is 0 Å². The Morgan fingerprint density at radius 2 is 1.29 bits per heavy atom. The van der Waals surface area contributed by atoms with E-state index in [1.807, 2.05) is 0 Å². The first-order valence-corrected chi connectivity index (χ1v) is 2.35. The minimum Gasteiger partial charge on any atom is -1.00 e. The van der Waals surface area contributed by atoms with E-state index in [0.29, 0.717) is 0 Å². The quantitative estimate of drug-likeness (QED) is 0.264. The van der Waals surface area contributed by atoms with E-state index in [4.69, 9.17) is 19.2 Å². The van der Waals surface area contributed by atoms with Crippen LogP contribution in [-0.2, 0) is 4.57 Å². The Morgan fingerprint density at radius 3 is 1.29 bits per heavy atom. The number of halogens is 1. The Bertz CT molecular complexity index is 62.2. The maximum atomic E-state index is 8.88. The Hall–Kier alpha value is 2.04. The van der Waals surface area contributed by atoms with E-state index in [0.717, 1.165) is 0 Å². The first kappa shape index (κ1) is 16.0. The molecular weight excluding hydrogens is 170 g/mol. The molecule has 0 atom stereocenters. The van der Waals surface area contributed by atoms with Gasteiger partial charge in [-0.05, 0) is 0 Å². The molecular formula is H5ClKO4P. The molecule has 0 aromatic carbocycles. The molecule has 0 spiro atoms. The van der Waals surface area contributed by atoms with Crippen LogP contribution in [0.25, 0.3) is 0 Å². The molecule has 4 nitrogen and oxygen atoms in total. The Morgan fingerprint density at radius 1 is 1.29 bits per heavy atom. The molecule has 3 N–H and O–H groups in total. The van der Waals surface area contributed by atoms with Crippen molar-refractivity contribution in [3.05, 3.63) is 0 Å². The van der Waals surface area contributed by atoms with E-state index in [-0.39, 0.29) is 65.2 Å². The molecule has 7 heteroatoms. The summed E-state index contributed by atoms with van der Waals surface area (Å²) in [4.78, 5) is 21.6. The molecule has 0 unspecified atom stereocenters. The van der Waals surface area contributed by atoms with Crippen molar-refractivity contribution in [3.8, 4) is 0 Å². The van der Waals surface area contributed by atoms with Crippen molar-refractivity contribution in [2.45, 2.75) is 0 Å². The average Bonchev–Trinajstić information content (AvgIpc) is 0.722. The Labute approximate surface area is 90.9 Å². The molecule has 42 valence electrons. The number of rotatable bonds is 0. The van der Waals surface area contributed by atoms with Crippen molar-refractivity contribution in [1.82, 2.24) is 0 Å². The van der Waals surface area contributed by atoms with Crippen LogP contribution in [0, 0.1) is 0 Å². The van der Waals surface area contributed by atoms with Crippen LogP contribution < -0.4 is 51.4 Å². The fourth-order valence-electron chi connectivity index (χ4n) is 0. The molecule has 0 aliphatic rings. The van der Waals surface area contributed by atoms with Gasteiger partial charge in [0, 0.05) is 0 Å². The molecule has 0 saturated carbocycles. The minimum absolute atomic E-state index is 0. The normalized spacial score (nSPS) is 8.43. The van der Waals surface area contributed by atoms with Crippen LogP contribution in [0.2, 0.25) is 0 Å². The summed E-state index contributed by atoms with van der Waals surface area (Å²) in [5.41, 5.74) is 0. The van der Waals surface area contributed by atoms with E-state index in [2.05, 4.69) is 0 Å². The number of phosphoric acid groups is 1. The van der Waals surface area contributed by atoms with Gasteiger partial charge in [-0.15, -0.1) is 12.4 Å². The third-order valence-corrected chi connectivity index (χ3v) is 0. The molecule has 0 heterocycles. The molecule has 0 saturated heterocycles. The topological polar surface area (TPSA) is 77.8 Å². The zero-order valence-electron chi connectivity index (χ0n) is 4.61. The number of hydrogen-bond acceptors (Lipinski definition) is 1.